The molecule has 1 nitrogen and oxygen atoms in total. The maximum Gasteiger partial charge on any atom is 0.106 e. The highest BCUT2D eigenvalue weighted by Gasteiger charge is 2.30. The van der Waals surface area contributed by atoms with E-state index in [-0.39, 0.29) is 11.8 Å². The van der Waals surface area contributed by atoms with Gasteiger partial charge in [-0.3, -0.25) is 0 Å². The molecule has 13 heavy (non-hydrogen) atoms. The highest BCUT2D eigenvalue weighted by Crippen LogP contribution is 2.28. The number of rotatable bonds is 2. The molecular weight excluding hydrogens is 165 g/mol. The lowest BCUT2D eigenvalue weighted by molar-refractivity contribution is 0.0718. The number of nitrogens with zero attached hydrogens (tertiary/aromatic N) is 1. The zero-order chi connectivity index (χ0) is 10.0. The summed E-state index contributed by atoms with van der Waals surface area (Å²) < 4.78 is 13.7. The first-order chi connectivity index (χ1) is 6.00. The van der Waals surface area contributed by atoms with E-state index in [4.69, 9.17) is 0 Å². The van der Waals surface area contributed by atoms with E-state index in [1.807, 2.05) is 13.8 Å². The van der Waals surface area contributed by atoms with Crippen molar-refractivity contribution in [1.82, 2.24) is 4.90 Å². The van der Waals surface area contributed by atoms with Crippen molar-refractivity contribution in [3.05, 3.63) is 0 Å². The quantitative estimate of drug-likeness (QED) is 0.642. The summed E-state index contributed by atoms with van der Waals surface area (Å²) in [6, 6.07) is 0. The first kappa shape index (κ1) is 11.0. The van der Waals surface area contributed by atoms with Crippen molar-refractivity contribution >= 4 is 0 Å². The number of hydrogen-bond acceptors (Lipinski definition) is 1. The minimum absolute atomic E-state index is 0.170. The molecule has 0 aromatic rings. The van der Waals surface area contributed by atoms with Crippen LogP contribution in [0.3, 0.4) is 0 Å². The fraction of sp³-hybridized carbons (Fsp3) is 1.00. The van der Waals surface area contributed by atoms with Crippen molar-refractivity contribution in [2.24, 2.45) is 17.8 Å². The smallest absolute Gasteiger partial charge is 0.106 e. The number of hydrogen-bond donors (Lipinski definition) is 0. The monoisotopic (exact) mass is 187 g/mol. The summed E-state index contributed by atoms with van der Waals surface area (Å²) in [4.78, 5) is 2.26. The first-order valence-electron chi connectivity index (χ1n) is 5.33. The van der Waals surface area contributed by atoms with Crippen LogP contribution in [0.5, 0.6) is 0 Å². The largest absolute Gasteiger partial charge is 0.306 e. The first-order valence-corrected chi connectivity index (χ1v) is 5.33. The molecule has 1 rings (SSSR count). The third-order valence-electron chi connectivity index (χ3n) is 2.96. The van der Waals surface area contributed by atoms with Crippen molar-refractivity contribution in [2.75, 3.05) is 20.1 Å². The Bertz CT molecular complexity index is 148. The van der Waals surface area contributed by atoms with Crippen LogP contribution in [0.1, 0.15) is 27.2 Å². The van der Waals surface area contributed by atoms with Gasteiger partial charge in [0.15, 0.2) is 0 Å². The minimum Gasteiger partial charge on any atom is -0.306 e. The molecule has 0 aromatic carbocycles. The molecule has 3 atom stereocenters. The average Bonchev–Trinajstić information content (AvgIpc) is 2.01. The van der Waals surface area contributed by atoms with E-state index >= 15 is 0 Å². The Hall–Kier alpha value is -0.110. The molecule has 0 aromatic heterocycles. The lowest BCUT2D eigenvalue weighted by Gasteiger charge is -2.36. The summed E-state index contributed by atoms with van der Waals surface area (Å²) in [5.74, 6) is 1.08. The van der Waals surface area contributed by atoms with Gasteiger partial charge in [0, 0.05) is 19.0 Å². The fourth-order valence-electron chi connectivity index (χ4n) is 2.45. The van der Waals surface area contributed by atoms with Crippen molar-refractivity contribution < 1.29 is 4.39 Å². The van der Waals surface area contributed by atoms with Gasteiger partial charge in [-0.05, 0) is 25.3 Å². The second-order valence-corrected chi connectivity index (χ2v) is 5.01. The third-order valence-corrected chi connectivity index (χ3v) is 2.96. The Morgan fingerprint density at radius 2 is 1.92 bits per heavy atom. The molecule has 78 valence electrons. The van der Waals surface area contributed by atoms with E-state index in [0.29, 0.717) is 5.92 Å². The maximum atomic E-state index is 13.7. The molecule has 0 spiro atoms. The SMILES string of the molecule is CC1CC([C@@H](F)C(C)C)CN(C)C1. The Morgan fingerprint density at radius 1 is 1.31 bits per heavy atom. The van der Waals surface area contributed by atoms with Crippen LogP contribution in [0.15, 0.2) is 0 Å². The molecule has 2 heteroatoms. The molecule has 1 saturated heterocycles. The predicted molar refractivity (Wildman–Crippen MR) is 54.5 cm³/mol. The second kappa shape index (κ2) is 4.41. The Morgan fingerprint density at radius 3 is 2.38 bits per heavy atom. The van der Waals surface area contributed by atoms with E-state index in [9.17, 15) is 4.39 Å². The van der Waals surface area contributed by atoms with Gasteiger partial charge in [-0.2, -0.15) is 0 Å². The fourth-order valence-corrected chi connectivity index (χ4v) is 2.45. The van der Waals surface area contributed by atoms with Crippen LogP contribution in [0.2, 0.25) is 0 Å². The lowest BCUT2D eigenvalue weighted by atomic mass is 9.84. The molecule has 0 bridgehead atoms. The Kier molecular flexibility index (Phi) is 3.72. The Balaban J connectivity index is 2.49. The van der Waals surface area contributed by atoms with Crippen LogP contribution >= 0.6 is 0 Å². The number of halogens is 1. The molecule has 0 amide bonds. The van der Waals surface area contributed by atoms with Gasteiger partial charge >= 0.3 is 0 Å². The van der Waals surface area contributed by atoms with Gasteiger partial charge < -0.3 is 4.90 Å². The van der Waals surface area contributed by atoms with Gasteiger partial charge in [0.2, 0.25) is 0 Å². The van der Waals surface area contributed by atoms with Crippen LogP contribution in [-0.4, -0.2) is 31.2 Å². The molecule has 1 heterocycles. The van der Waals surface area contributed by atoms with E-state index < -0.39 is 6.17 Å². The molecule has 1 aliphatic rings. The Labute approximate surface area is 81.3 Å². The number of piperidine rings is 1. The molecule has 1 fully saturated rings. The third kappa shape index (κ3) is 2.94. The van der Waals surface area contributed by atoms with Crippen molar-refractivity contribution in [3.8, 4) is 0 Å². The summed E-state index contributed by atoms with van der Waals surface area (Å²) >= 11 is 0. The standard InChI is InChI=1S/C11H22FN/c1-8(2)11(12)10-5-9(3)6-13(4)7-10/h8-11H,5-7H2,1-4H3/t9?,10?,11-/m0/s1. The molecule has 2 unspecified atom stereocenters. The molecule has 0 radical (unpaired) electrons. The minimum atomic E-state index is -0.620. The summed E-state index contributed by atoms with van der Waals surface area (Å²) in [6.45, 7) is 8.23. The highest BCUT2D eigenvalue weighted by molar-refractivity contribution is 4.81. The van der Waals surface area contributed by atoms with Crippen LogP contribution in [0.4, 0.5) is 4.39 Å². The summed E-state index contributed by atoms with van der Waals surface area (Å²) in [5, 5.41) is 0. The van der Waals surface area contributed by atoms with Crippen LogP contribution in [-0.2, 0) is 0 Å². The van der Waals surface area contributed by atoms with Gasteiger partial charge in [0.25, 0.3) is 0 Å². The van der Waals surface area contributed by atoms with E-state index in [2.05, 4.69) is 18.9 Å². The van der Waals surface area contributed by atoms with Crippen LogP contribution in [0, 0.1) is 17.8 Å². The number of likely N-dealkylation sites (tertiary alicyclic amines) is 1. The van der Waals surface area contributed by atoms with E-state index in [1.165, 1.54) is 0 Å². The number of alkyl halides is 1. The predicted octanol–water partition coefficient (Wildman–Crippen LogP) is 2.57. The molecule has 0 aliphatic carbocycles. The van der Waals surface area contributed by atoms with Crippen LogP contribution in [0.25, 0.3) is 0 Å². The topological polar surface area (TPSA) is 3.24 Å². The van der Waals surface area contributed by atoms with Gasteiger partial charge in [0.1, 0.15) is 6.17 Å². The molecular formula is C11H22FN. The average molecular weight is 187 g/mol. The van der Waals surface area contributed by atoms with Gasteiger partial charge in [0.05, 0.1) is 0 Å². The van der Waals surface area contributed by atoms with Crippen LogP contribution < -0.4 is 0 Å². The van der Waals surface area contributed by atoms with Gasteiger partial charge in [-0.1, -0.05) is 20.8 Å². The zero-order valence-corrected chi connectivity index (χ0v) is 9.26. The van der Waals surface area contributed by atoms with Crippen molar-refractivity contribution in [2.45, 2.75) is 33.4 Å². The summed E-state index contributed by atoms with van der Waals surface area (Å²) in [5.41, 5.74) is 0. The lowest BCUT2D eigenvalue weighted by Crippen LogP contribution is -2.41. The van der Waals surface area contributed by atoms with E-state index in [1.54, 1.807) is 0 Å². The van der Waals surface area contributed by atoms with Crippen molar-refractivity contribution in [1.29, 1.82) is 0 Å². The van der Waals surface area contributed by atoms with Gasteiger partial charge in [-0.15, -0.1) is 0 Å². The normalized spacial score (nSPS) is 33.7. The maximum absolute atomic E-state index is 13.7. The summed E-state index contributed by atoms with van der Waals surface area (Å²) in [6.07, 6.45) is 0.439. The van der Waals surface area contributed by atoms with Crippen molar-refractivity contribution in [3.63, 3.8) is 0 Å². The molecule has 1 aliphatic heterocycles. The second-order valence-electron chi connectivity index (χ2n) is 5.01. The zero-order valence-electron chi connectivity index (χ0n) is 9.26. The highest BCUT2D eigenvalue weighted by atomic mass is 19.1. The molecule has 0 N–H and O–H groups in total. The van der Waals surface area contributed by atoms with E-state index in [0.717, 1.165) is 19.5 Å². The summed E-state index contributed by atoms with van der Waals surface area (Å²) in [7, 11) is 2.09. The van der Waals surface area contributed by atoms with Gasteiger partial charge in [-0.25, -0.2) is 4.39 Å². The molecule has 0 saturated carbocycles.